The van der Waals surface area contributed by atoms with E-state index < -0.39 is 5.41 Å². The first-order chi connectivity index (χ1) is 19.6. The predicted molar refractivity (Wildman–Crippen MR) is 163 cm³/mol. The third-order valence-electron chi connectivity index (χ3n) is 8.29. The van der Waals surface area contributed by atoms with Gasteiger partial charge in [-0.05, 0) is 86.3 Å². The number of rotatable bonds is 5. The third kappa shape index (κ3) is 3.80. The number of fused-ring (bicyclic) bond motifs is 3. The summed E-state index contributed by atoms with van der Waals surface area (Å²) in [6, 6.07) is 49.8. The van der Waals surface area contributed by atoms with Gasteiger partial charge < -0.3 is 10.2 Å². The zero-order chi connectivity index (χ0) is 27.1. The molecule has 7 rings (SSSR count). The van der Waals surface area contributed by atoms with Crippen molar-refractivity contribution in [3.05, 3.63) is 168 Å². The zero-order valence-electron chi connectivity index (χ0n) is 22.0. The van der Waals surface area contributed by atoms with Crippen LogP contribution in [0.15, 0.2) is 146 Å². The van der Waals surface area contributed by atoms with E-state index in [0.717, 1.165) is 28.7 Å². The van der Waals surface area contributed by atoms with Gasteiger partial charge in [0.15, 0.2) is 0 Å². The molecule has 0 amide bonds. The Balaban J connectivity index is 1.46. The zero-order valence-corrected chi connectivity index (χ0v) is 22.0. The molecule has 1 aliphatic carbocycles. The molecule has 0 spiro atoms. The molecule has 0 bridgehead atoms. The Morgan fingerprint density at radius 3 is 1.45 bits per heavy atom. The maximum Gasteiger partial charge on any atom is 0.115 e. The van der Waals surface area contributed by atoms with E-state index in [1.54, 1.807) is 24.3 Å². The van der Waals surface area contributed by atoms with E-state index in [1.165, 1.54) is 33.4 Å². The molecule has 6 aromatic carbocycles. The van der Waals surface area contributed by atoms with Crippen molar-refractivity contribution in [2.45, 2.75) is 11.8 Å². The van der Waals surface area contributed by atoms with Crippen molar-refractivity contribution in [3.63, 3.8) is 0 Å². The van der Waals surface area contributed by atoms with Gasteiger partial charge in [-0.15, -0.1) is 0 Å². The summed E-state index contributed by atoms with van der Waals surface area (Å²) in [7, 11) is 0. The Labute approximate surface area is 234 Å². The van der Waals surface area contributed by atoms with Crippen molar-refractivity contribution >= 4 is 0 Å². The molecule has 2 heteroatoms. The number of phenolic OH excluding ortho intramolecular Hbond substituents is 2. The quantitative estimate of drug-likeness (QED) is 0.240. The summed E-state index contributed by atoms with van der Waals surface area (Å²) in [5, 5.41) is 20.1. The van der Waals surface area contributed by atoms with Gasteiger partial charge in [-0.1, -0.05) is 121 Å². The molecule has 2 nitrogen and oxygen atoms in total. The van der Waals surface area contributed by atoms with Gasteiger partial charge in [-0.25, -0.2) is 0 Å². The maximum atomic E-state index is 10.2. The normalized spacial score (nSPS) is 13.0. The van der Waals surface area contributed by atoms with Crippen LogP contribution in [0.25, 0.3) is 33.4 Å². The van der Waals surface area contributed by atoms with Gasteiger partial charge in [0.2, 0.25) is 0 Å². The highest BCUT2D eigenvalue weighted by atomic mass is 16.3. The van der Waals surface area contributed by atoms with Crippen molar-refractivity contribution in [2.24, 2.45) is 0 Å². The third-order valence-corrected chi connectivity index (χ3v) is 8.29. The molecule has 0 saturated heterocycles. The fraction of sp³-hybridized carbons (Fsp3) is 0.0526. The highest BCUT2D eigenvalue weighted by Gasteiger charge is 2.44. The summed E-state index contributed by atoms with van der Waals surface area (Å²) in [6.07, 6.45) is 0.756. The average molecular weight is 517 g/mol. The van der Waals surface area contributed by atoms with Gasteiger partial charge in [-0.3, -0.25) is 0 Å². The van der Waals surface area contributed by atoms with Crippen molar-refractivity contribution in [1.82, 2.24) is 0 Å². The van der Waals surface area contributed by atoms with Crippen LogP contribution in [-0.4, -0.2) is 10.2 Å². The minimum Gasteiger partial charge on any atom is -0.508 e. The molecule has 192 valence electrons. The summed E-state index contributed by atoms with van der Waals surface area (Å²) in [4.78, 5) is 0. The lowest BCUT2D eigenvalue weighted by molar-refractivity contribution is 0.474. The maximum absolute atomic E-state index is 10.2. The number of benzene rings is 6. The van der Waals surface area contributed by atoms with E-state index in [0.29, 0.717) is 0 Å². The Hall–Kier alpha value is -5.08. The summed E-state index contributed by atoms with van der Waals surface area (Å²) >= 11 is 0. The van der Waals surface area contributed by atoms with E-state index in [4.69, 9.17) is 0 Å². The molecular weight excluding hydrogens is 488 g/mol. The summed E-state index contributed by atoms with van der Waals surface area (Å²) in [5.74, 6) is 0.526. The van der Waals surface area contributed by atoms with Crippen LogP contribution >= 0.6 is 0 Å². The summed E-state index contributed by atoms with van der Waals surface area (Å²) in [5.41, 5.74) is 11.6. The van der Waals surface area contributed by atoms with Crippen molar-refractivity contribution in [2.75, 3.05) is 0 Å². The highest BCUT2D eigenvalue weighted by molar-refractivity contribution is 5.87. The Kier molecular flexibility index (Phi) is 5.75. The molecule has 0 aromatic heterocycles. The molecule has 1 aliphatic rings. The average Bonchev–Trinajstić information content (AvgIpc) is 3.29. The van der Waals surface area contributed by atoms with Gasteiger partial charge >= 0.3 is 0 Å². The number of hydrogen-bond acceptors (Lipinski definition) is 2. The summed E-state index contributed by atoms with van der Waals surface area (Å²) < 4.78 is 0. The van der Waals surface area contributed by atoms with Crippen LogP contribution in [-0.2, 0) is 11.8 Å². The van der Waals surface area contributed by atoms with E-state index >= 15 is 0 Å². The standard InChI is InChI=1S/C38H28O2/c39-29-21-17-26(18-22-29)31-10-3-4-12-33(31)32-11-2-1-9-27(32)25-38(28-19-23-30(40)24-20-28)36-15-7-5-13-34(36)35-14-6-8-16-37(35)38/h1-24,39-40H,25H2. The predicted octanol–water partition coefficient (Wildman–Crippen LogP) is 8.99. The molecule has 6 aromatic rings. The van der Waals surface area contributed by atoms with Crippen LogP contribution < -0.4 is 0 Å². The van der Waals surface area contributed by atoms with Crippen LogP contribution in [0.5, 0.6) is 11.5 Å². The van der Waals surface area contributed by atoms with Gasteiger partial charge in [0.25, 0.3) is 0 Å². The molecule has 0 heterocycles. The van der Waals surface area contributed by atoms with Gasteiger partial charge in [0.1, 0.15) is 11.5 Å². The molecule has 0 atom stereocenters. The van der Waals surface area contributed by atoms with Crippen LogP contribution in [0.2, 0.25) is 0 Å². The van der Waals surface area contributed by atoms with Crippen molar-refractivity contribution < 1.29 is 10.2 Å². The first-order valence-electron chi connectivity index (χ1n) is 13.6. The molecule has 40 heavy (non-hydrogen) atoms. The molecular formula is C38H28O2. The van der Waals surface area contributed by atoms with Crippen LogP contribution in [0.3, 0.4) is 0 Å². The number of hydrogen-bond donors (Lipinski definition) is 2. The fourth-order valence-electron chi connectivity index (χ4n) is 6.51. The lowest BCUT2D eigenvalue weighted by Gasteiger charge is -2.34. The lowest BCUT2D eigenvalue weighted by atomic mass is 9.68. The Morgan fingerprint density at radius 1 is 0.400 bits per heavy atom. The largest absolute Gasteiger partial charge is 0.508 e. The van der Waals surface area contributed by atoms with Gasteiger partial charge in [0.05, 0.1) is 5.41 Å². The van der Waals surface area contributed by atoms with E-state index in [9.17, 15) is 10.2 Å². The second kappa shape index (κ2) is 9.59. The molecule has 0 saturated carbocycles. The summed E-state index contributed by atoms with van der Waals surface area (Å²) in [6.45, 7) is 0. The fourth-order valence-corrected chi connectivity index (χ4v) is 6.51. The topological polar surface area (TPSA) is 40.5 Å². The van der Waals surface area contributed by atoms with E-state index in [-0.39, 0.29) is 11.5 Å². The minimum absolute atomic E-state index is 0.260. The second-order valence-electron chi connectivity index (χ2n) is 10.5. The van der Waals surface area contributed by atoms with Crippen LogP contribution in [0.1, 0.15) is 22.3 Å². The molecule has 0 aliphatic heterocycles. The first kappa shape index (κ1) is 24.0. The molecule has 2 N–H and O–H groups in total. The van der Waals surface area contributed by atoms with Gasteiger partial charge in [-0.2, -0.15) is 0 Å². The molecule has 0 radical (unpaired) electrons. The Bertz CT molecular complexity index is 1790. The second-order valence-corrected chi connectivity index (χ2v) is 10.5. The van der Waals surface area contributed by atoms with E-state index in [2.05, 4.69) is 109 Å². The Morgan fingerprint density at radius 2 is 0.850 bits per heavy atom. The molecule has 0 fully saturated rings. The van der Waals surface area contributed by atoms with Crippen molar-refractivity contribution in [3.8, 4) is 44.9 Å². The van der Waals surface area contributed by atoms with Crippen LogP contribution in [0.4, 0.5) is 0 Å². The van der Waals surface area contributed by atoms with E-state index in [1.807, 2.05) is 12.1 Å². The minimum atomic E-state index is -0.426. The first-order valence-corrected chi connectivity index (χ1v) is 13.6. The number of aromatic hydroxyl groups is 2. The monoisotopic (exact) mass is 516 g/mol. The highest BCUT2D eigenvalue weighted by Crippen LogP contribution is 2.54. The van der Waals surface area contributed by atoms with Crippen LogP contribution in [0, 0.1) is 0 Å². The van der Waals surface area contributed by atoms with Crippen molar-refractivity contribution in [1.29, 1.82) is 0 Å². The SMILES string of the molecule is Oc1ccc(-c2ccccc2-c2ccccc2CC2(c3ccc(O)cc3)c3ccccc3-c3ccccc32)cc1. The molecule has 0 unspecified atom stereocenters. The van der Waals surface area contributed by atoms with Gasteiger partial charge in [0, 0.05) is 0 Å². The lowest BCUT2D eigenvalue weighted by Crippen LogP contribution is -2.30. The number of phenols is 2. The smallest absolute Gasteiger partial charge is 0.115 e.